The van der Waals surface area contributed by atoms with Gasteiger partial charge in [-0.05, 0) is 93.5 Å². The van der Waals surface area contributed by atoms with Crippen LogP contribution in [-0.4, -0.2) is 28.6 Å². The Kier molecular flexibility index (Phi) is 9.36. The maximum Gasteiger partial charge on any atom is 0.251 e. The van der Waals surface area contributed by atoms with Gasteiger partial charge in [-0.15, -0.1) is 0 Å². The number of imidazole rings is 1. The Bertz CT molecular complexity index is 1300. The third-order valence-electron chi connectivity index (χ3n) is 6.73. The van der Waals surface area contributed by atoms with E-state index in [-0.39, 0.29) is 5.91 Å². The minimum atomic E-state index is 0.0152. The Morgan fingerprint density at radius 2 is 1.62 bits per heavy atom. The molecule has 1 heterocycles. The summed E-state index contributed by atoms with van der Waals surface area (Å²) >= 11 is 0. The fourth-order valence-electron chi connectivity index (χ4n) is 4.85. The van der Waals surface area contributed by atoms with Crippen molar-refractivity contribution in [1.29, 1.82) is 0 Å². The number of rotatable bonds is 13. The molecule has 0 saturated heterocycles. The molecule has 194 valence electrons. The second-order valence-electron chi connectivity index (χ2n) is 9.93. The zero-order chi connectivity index (χ0) is 26.0. The SMILES string of the molecule is Cc1cc(C)cc(OCCCCn2c(CCCCCNC(=O)c3ccccc3C)nc3ccccc32)c1. The molecule has 0 spiro atoms. The van der Waals surface area contributed by atoms with Crippen LogP contribution in [0, 0.1) is 20.8 Å². The van der Waals surface area contributed by atoms with Crippen LogP contribution in [0.3, 0.4) is 0 Å². The number of carbonyl (C=O) groups excluding carboxylic acids is 1. The van der Waals surface area contributed by atoms with E-state index in [0.717, 1.165) is 79.9 Å². The minimum Gasteiger partial charge on any atom is -0.494 e. The van der Waals surface area contributed by atoms with Crippen molar-refractivity contribution in [3.8, 4) is 5.75 Å². The fraction of sp³-hybridized carbons (Fsp3) is 0.375. The first-order valence-corrected chi connectivity index (χ1v) is 13.5. The molecule has 0 unspecified atom stereocenters. The molecule has 0 saturated carbocycles. The summed E-state index contributed by atoms with van der Waals surface area (Å²) < 4.78 is 8.38. The summed E-state index contributed by atoms with van der Waals surface area (Å²) in [5, 5.41) is 3.06. The topological polar surface area (TPSA) is 56.1 Å². The Hall–Kier alpha value is -3.60. The molecular formula is C32H39N3O2. The number of ether oxygens (including phenoxy) is 1. The van der Waals surface area contributed by atoms with E-state index in [1.165, 1.54) is 16.6 Å². The number of carbonyl (C=O) groups is 1. The van der Waals surface area contributed by atoms with Crippen molar-refractivity contribution in [2.45, 2.75) is 65.8 Å². The second-order valence-corrected chi connectivity index (χ2v) is 9.93. The molecule has 0 aliphatic rings. The van der Waals surface area contributed by atoms with Gasteiger partial charge in [0, 0.05) is 25.1 Å². The molecule has 37 heavy (non-hydrogen) atoms. The van der Waals surface area contributed by atoms with Gasteiger partial charge in [-0.3, -0.25) is 4.79 Å². The maximum absolute atomic E-state index is 12.4. The van der Waals surface area contributed by atoms with E-state index in [4.69, 9.17) is 9.72 Å². The summed E-state index contributed by atoms with van der Waals surface area (Å²) in [5.41, 5.74) is 6.51. The zero-order valence-electron chi connectivity index (χ0n) is 22.4. The minimum absolute atomic E-state index is 0.0152. The first-order chi connectivity index (χ1) is 18.0. The van der Waals surface area contributed by atoms with Crippen molar-refractivity contribution in [3.05, 3.63) is 94.8 Å². The Labute approximate surface area is 220 Å². The van der Waals surface area contributed by atoms with E-state index in [9.17, 15) is 4.79 Å². The number of nitrogens with zero attached hydrogens (tertiary/aromatic N) is 2. The first kappa shape index (κ1) is 26.5. The highest BCUT2D eigenvalue weighted by Gasteiger charge is 2.11. The maximum atomic E-state index is 12.4. The molecule has 0 aliphatic heterocycles. The summed E-state index contributed by atoms with van der Waals surface area (Å²) in [6, 6.07) is 22.5. The summed E-state index contributed by atoms with van der Waals surface area (Å²) in [6.07, 6.45) is 6.07. The summed E-state index contributed by atoms with van der Waals surface area (Å²) in [4.78, 5) is 17.3. The molecule has 4 rings (SSSR count). The second kappa shape index (κ2) is 13.1. The van der Waals surface area contributed by atoms with E-state index in [0.29, 0.717) is 6.54 Å². The molecule has 0 aliphatic carbocycles. The van der Waals surface area contributed by atoms with Crippen LogP contribution in [0.1, 0.15) is 65.0 Å². The number of nitrogens with one attached hydrogen (secondary N) is 1. The molecule has 5 heteroatoms. The number of unbranched alkanes of at least 4 members (excludes halogenated alkanes) is 3. The monoisotopic (exact) mass is 497 g/mol. The Morgan fingerprint density at radius 1 is 0.865 bits per heavy atom. The third-order valence-corrected chi connectivity index (χ3v) is 6.73. The number of para-hydroxylation sites is 2. The lowest BCUT2D eigenvalue weighted by molar-refractivity contribution is 0.0952. The largest absolute Gasteiger partial charge is 0.494 e. The van der Waals surface area contributed by atoms with Crippen molar-refractivity contribution in [1.82, 2.24) is 14.9 Å². The zero-order valence-corrected chi connectivity index (χ0v) is 22.4. The smallest absolute Gasteiger partial charge is 0.251 e. The summed E-state index contributed by atoms with van der Waals surface area (Å²) in [5.74, 6) is 2.13. The van der Waals surface area contributed by atoms with Crippen LogP contribution < -0.4 is 10.1 Å². The van der Waals surface area contributed by atoms with E-state index in [1.54, 1.807) is 0 Å². The van der Waals surface area contributed by atoms with Crippen LogP contribution in [0.25, 0.3) is 11.0 Å². The van der Waals surface area contributed by atoms with Crippen molar-refractivity contribution in [2.75, 3.05) is 13.2 Å². The van der Waals surface area contributed by atoms with E-state index >= 15 is 0 Å². The normalized spacial score (nSPS) is 11.1. The first-order valence-electron chi connectivity index (χ1n) is 13.5. The van der Waals surface area contributed by atoms with Crippen LogP contribution in [0.15, 0.2) is 66.7 Å². The van der Waals surface area contributed by atoms with Crippen LogP contribution in [0.5, 0.6) is 5.75 Å². The van der Waals surface area contributed by atoms with Crippen molar-refractivity contribution in [2.24, 2.45) is 0 Å². The molecular weight excluding hydrogens is 458 g/mol. The van der Waals surface area contributed by atoms with Gasteiger partial charge in [0.25, 0.3) is 5.91 Å². The van der Waals surface area contributed by atoms with Gasteiger partial charge in [-0.25, -0.2) is 4.98 Å². The highest BCUT2D eigenvalue weighted by atomic mass is 16.5. The standard InChI is InChI=1S/C32H39N3O2/c1-24-21-25(2)23-27(22-24)37-20-12-11-19-35-30-16-9-8-15-29(30)34-31(35)17-5-4-10-18-33-32(36)28-14-7-6-13-26(28)3/h6-9,13-16,21-23H,4-5,10-12,17-20H2,1-3H3,(H,33,36). The number of aryl methyl sites for hydroxylation is 5. The van der Waals surface area contributed by atoms with Gasteiger partial charge in [-0.2, -0.15) is 0 Å². The molecule has 5 nitrogen and oxygen atoms in total. The number of aromatic nitrogens is 2. The third kappa shape index (κ3) is 7.45. The molecule has 1 amide bonds. The molecule has 4 aromatic rings. The quantitative estimate of drug-likeness (QED) is 0.203. The number of amides is 1. The lowest BCUT2D eigenvalue weighted by atomic mass is 10.1. The highest BCUT2D eigenvalue weighted by molar-refractivity contribution is 5.95. The van der Waals surface area contributed by atoms with E-state index in [1.807, 2.05) is 31.2 Å². The number of fused-ring (bicyclic) bond motifs is 1. The number of benzene rings is 3. The lowest BCUT2D eigenvalue weighted by Crippen LogP contribution is -2.25. The van der Waals surface area contributed by atoms with Gasteiger partial charge in [0.2, 0.25) is 0 Å². The van der Waals surface area contributed by atoms with Crippen molar-refractivity contribution < 1.29 is 9.53 Å². The van der Waals surface area contributed by atoms with Gasteiger partial charge in [0.05, 0.1) is 17.6 Å². The number of hydrogen-bond acceptors (Lipinski definition) is 3. The Morgan fingerprint density at radius 3 is 2.43 bits per heavy atom. The van der Waals surface area contributed by atoms with E-state index < -0.39 is 0 Å². The summed E-state index contributed by atoms with van der Waals surface area (Å²) in [7, 11) is 0. The predicted octanol–water partition coefficient (Wildman–Crippen LogP) is 6.96. The van der Waals surface area contributed by atoms with Crippen LogP contribution in [0.2, 0.25) is 0 Å². The molecule has 1 N–H and O–H groups in total. The van der Waals surface area contributed by atoms with Crippen molar-refractivity contribution in [3.63, 3.8) is 0 Å². The fourth-order valence-corrected chi connectivity index (χ4v) is 4.85. The molecule has 0 fully saturated rings. The molecule has 0 radical (unpaired) electrons. The van der Waals surface area contributed by atoms with Gasteiger partial charge in [-0.1, -0.05) is 42.8 Å². The predicted molar refractivity (Wildman–Crippen MR) is 151 cm³/mol. The van der Waals surface area contributed by atoms with Crippen molar-refractivity contribution >= 4 is 16.9 Å². The van der Waals surface area contributed by atoms with E-state index in [2.05, 4.69) is 66.2 Å². The Balaban J connectivity index is 1.23. The average molecular weight is 498 g/mol. The van der Waals surface area contributed by atoms with Crippen LogP contribution >= 0.6 is 0 Å². The van der Waals surface area contributed by atoms with Crippen LogP contribution in [0.4, 0.5) is 0 Å². The van der Waals surface area contributed by atoms with Gasteiger partial charge >= 0.3 is 0 Å². The summed E-state index contributed by atoms with van der Waals surface area (Å²) in [6.45, 7) is 8.54. The van der Waals surface area contributed by atoms with Crippen LogP contribution in [-0.2, 0) is 13.0 Å². The van der Waals surface area contributed by atoms with Gasteiger partial charge < -0.3 is 14.6 Å². The molecule has 1 aromatic heterocycles. The molecule has 0 bridgehead atoms. The lowest BCUT2D eigenvalue weighted by Gasteiger charge is -2.11. The van der Waals surface area contributed by atoms with Gasteiger partial charge in [0.15, 0.2) is 0 Å². The number of hydrogen-bond donors (Lipinski definition) is 1. The van der Waals surface area contributed by atoms with Gasteiger partial charge in [0.1, 0.15) is 11.6 Å². The average Bonchev–Trinajstić information content (AvgIpc) is 3.22. The highest BCUT2D eigenvalue weighted by Crippen LogP contribution is 2.20. The molecule has 0 atom stereocenters. The molecule has 3 aromatic carbocycles.